The van der Waals surface area contributed by atoms with E-state index in [-0.39, 0.29) is 0 Å². The average molecular weight is 482 g/mol. The molecular formula is C29H31N5S. The number of hydrogen-bond donors (Lipinski definition) is 4. The van der Waals surface area contributed by atoms with Gasteiger partial charge in [-0.2, -0.15) is 0 Å². The van der Waals surface area contributed by atoms with Crippen molar-refractivity contribution in [2.75, 3.05) is 26.2 Å². The third-order valence-corrected chi connectivity index (χ3v) is 7.31. The Labute approximate surface area is 210 Å². The van der Waals surface area contributed by atoms with E-state index < -0.39 is 0 Å². The molecule has 0 fully saturated rings. The van der Waals surface area contributed by atoms with Gasteiger partial charge in [-0.15, -0.1) is 11.3 Å². The summed E-state index contributed by atoms with van der Waals surface area (Å²) in [6, 6.07) is 24.5. The van der Waals surface area contributed by atoms with Gasteiger partial charge in [0, 0.05) is 77.4 Å². The Morgan fingerprint density at radius 3 is 1.91 bits per heavy atom. The van der Waals surface area contributed by atoms with Crippen LogP contribution in [0.4, 0.5) is 0 Å². The Kier molecular flexibility index (Phi) is 7.47. The molecule has 35 heavy (non-hydrogen) atoms. The molecule has 2 heterocycles. The fourth-order valence-corrected chi connectivity index (χ4v) is 5.48. The molecule has 0 saturated carbocycles. The van der Waals surface area contributed by atoms with Crippen LogP contribution in [0.2, 0.25) is 0 Å². The van der Waals surface area contributed by atoms with Crippen LogP contribution < -0.4 is 22.1 Å². The molecule has 0 bridgehead atoms. The van der Waals surface area contributed by atoms with Gasteiger partial charge in [-0.25, -0.2) is 0 Å². The Balaban J connectivity index is 1.48. The first-order valence-electron chi connectivity index (χ1n) is 12.1. The van der Waals surface area contributed by atoms with Crippen LogP contribution in [-0.2, 0) is 13.1 Å². The third kappa shape index (κ3) is 5.42. The van der Waals surface area contributed by atoms with Crippen molar-refractivity contribution in [1.29, 1.82) is 0 Å². The van der Waals surface area contributed by atoms with Crippen LogP contribution in [0.15, 0.2) is 79.1 Å². The summed E-state index contributed by atoms with van der Waals surface area (Å²) in [5.74, 6) is 0. The molecule has 5 rings (SSSR count). The summed E-state index contributed by atoms with van der Waals surface area (Å²) in [5.41, 5.74) is 18.4. The molecule has 3 aromatic carbocycles. The molecular weight excluding hydrogens is 450 g/mol. The minimum absolute atomic E-state index is 0.631. The smallest absolute Gasteiger partial charge is 0.0355 e. The van der Waals surface area contributed by atoms with Gasteiger partial charge in [0.15, 0.2) is 0 Å². The van der Waals surface area contributed by atoms with Crippen molar-refractivity contribution in [2.24, 2.45) is 11.5 Å². The number of rotatable bonds is 10. The maximum absolute atomic E-state index is 5.61. The lowest BCUT2D eigenvalue weighted by molar-refractivity contribution is 0.693. The van der Waals surface area contributed by atoms with Crippen molar-refractivity contribution in [3.05, 3.63) is 90.3 Å². The number of benzene rings is 3. The van der Waals surface area contributed by atoms with E-state index in [4.69, 9.17) is 11.5 Å². The summed E-state index contributed by atoms with van der Waals surface area (Å²) in [5, 5.41) is 9.31. The second-order valence-corrected chi connectivity index (χ2v) is 9.82. The molecule has 0 aliphatic heterocycles. The van der Waals surface area contributed by atoms with Crippen molar-refractivity contribution >= 4 is 31.5 Å². The summed E-state index contributed by atoms with van der Waals surface area (Å²) in [4.78, 5) is 4.48. The lowest BCUT2D eigenvalue weighted by Gasteiger charge is -2.08. The SMILES string of the molecule is NCCNCc1cccc(-c2ccc3sc4ccc(-c5cncc(CNCCN)c5)cc4c3c2)c1. The second kappa shape index (κ2) is 11.1. The zero-order valence-electron chi connectivity index (χ0n) is 19.8. The lowest BCUT2D eigenvalue weighted by Crippen LogP contribution is -2.21. The molecule has 0 atom stereocenters. The predicted molar refractivity (Wildman–Crippen MR) is 150 cm³/mol. The van der Waals surface area contributed by atoms with E-state index in [2.05, 4.69) is 82.3 Å². The van der Waals surface area contributed by atoms with Gasteiger partial charge in [0.25, 0.3) is 0 Å². The fourth-order valence-electron chi connectivity index (χ4n) is 4.41. The van der Waals surface area contributed by atoms with E-state index in [9.17, 15) is 0 Å². The first-order chi connectivity index (χ1) is 17.2. The largest absolute Gasteiger partial charge is 0.329 e. The monoisotopic (exact) mass is 481 g/mol. The maximum atomic E-state index is 5.61. The van der Waals surface area contributed by atoms with Gasteiger partial charge in [-0.05, 0) is 64.2 Å². The summed E-state index contributed by atoms with van der Waals surface area (Å²) >= 11 is 1.84. The van der Waals surface area contributed by atoms with Gasteiger partial charge in [-0.1, -0.05) is 30.3 Å². The topological polar surface area (TPSA) is 89.0 Å². The standard InChI is InChI=1S/C29H31N5S/c30-8-10-32-16-20-2-1-3-22(12-20)23-4-6-28-26(14-23)27-15-24(5-7-29(27)35-28)25-13-21(18-34-19-25)17-33-11-9-31/h1-7,12-15,18-19,32-33H,8-11,16-17,30-31H2. The van der Waals surface area contributed by atoms with E-state index in [1.807, 2.05) is 23.7 Å². The normalized spacial score (nSPS) is 11.5. The number of hydrogen-bond acceptors (Lipinski definition) is 6. The third-order valence-electron chi connectivity index (χ3n) is 6.16. The van der Waals surface area contributed by atoms with Gasteiger partial charge >= 0.3 is 0 Å². The van der Waals surface area contributed by atoms with E-state index in [1.54, 1.807) is 0 Å². The Morgan fingerprint density at radius 2 is 1.23 bits per heavy atom. The summed E-state index contributed by atoms with van der Waals surface area (Å²) in [7, 11) is 0. The minimum Gasteiger partial charge on any atom is -0.329 e. The molecule has 0 saturated heterocycles. The summed E-state index contributed by atoms with van der Waals surface area (Å²) < 4.78 is 2.61. The molecule has 5 nitrogen and oxygen atoms in total. The molecule has 0 aliphatic rings. The number of nitrogens with one attached hydrogen (secondary N) is 2. The van der Waals surface area contributed by atoms with Crippen LogP contribution in [0.1, 0.15) is 11.1 Å². The van der Waals surface area contributed by atoms with Crippen molar-refractivity contribution in [3.63, 3.8) is 0 Å². The molecule has 2 aromatic heterocycles. The number of thiophene rings is 1. The molecule has 0 spiro atoms. The zero-order valence-corrected chi connectivity index (χ0v) is 20.6. The van der Waals surface area contributed by atoms with E-state index in [0.717, 1.165) is 37.3 Å². The highest BCUT2D eigenvalue weighted by molar-refractivity contribution is 7.25. The maximum Gasteiger partial charge on any atom is 0.0355 e. The first kappa shape index (κ1) is 23.6. The highest BCUT2D eigenvalue weighted by Crippen LogP contribution is 2.38. The molecule has 5 aromatic rings. The van der Waals surface area contributed by atoms with Crippen LogP contribution in [0.5, 0.6) is 0 Å². The number of nitrogens with zero attached hydrogens (tertiary/aromatic N) is 1. The van der Waals surface area contributed by atoms with E-state index in [1.165, 1.54) is 42.4 Å². The zero-order chi connectivity index (χ0) is 24.0. The number of fused-ring (bicyclic) bond motifs is 3. The molecule has 6 N–H and O–H groups in total. The van der Waals surface area contributed by atoms with Crippen LogP contribution >= 0.6 is 11.3 Å². The van der Waals surface area contributed by atoms with Crippen molar-refractivity contribution < 1.29 is 0 Å². The highest BCUT2D eigenvalue weighted by atomic mass is 32.1. The van der Waals surface area contributed by atoms with E-state index in [0.29, 0.717) is 13.1 Å². The number of nitrogens with two attached hydrogens (primary N) is 2. The van der Waals surface area contributed by atoms with Crippen LogP contribution in [-0.4, -0.2) is 31.2 Å². The second-order valence-electron chi connectivity index (χ2n) is 8.74. The van der Waals surface area contributed by atoms with Crippen molar-refractivity contribution in [2.45, 2.75) is 13.1 Å². The van der Waals surface area contributed by atoms with Crippen LogP contribution in [0.25, 0.3) is 42.4 Å². The fraction of sp³-hybridized carbons (Fsp3) is 0.207. The quantitative estimate of drug-likeness (QED) is 0.214. The Hall–Kier alpha value is -3.13. The Morgan fingerprint density at radius 1 is 0.629 bits per heavy atom. The molecule has 178 valence electrons. The van der Waals surface area contributed by atoms with Crippen molar-refractivity contribution in [3.8, 4) is 22.3 Å². The molecule has 0 aliphatic carbocycles. The van der Waals surface area contributed by atoms with Gasteiger partial charge < -0.3 is 22.1 Å². The molecule has 0 radical (unpaired) electrons. The van der Waals surface area contributed by atoms with Crippen molar-refractivity contribution in [1.82, 2.24) is 15.6 Å². The van der Waals surface area contributed by atoms with Gasteiger partial charge in [0.2, 0.25) is 0 Å². The van der Waals surface area contributed by atoms with Gasteiger partial charge in [-0.3, -0.25) is 4.98 Å². The summed E-state index contributed by atoms with van der Waals surface area (Å²) in [6.45, 7) is 4.49. The minimum atomic E-state index is 0.631. The molecule has 0 amide bonds. The predicted octanol–water partition coefficient (Wildman–Crippen LogP) is 4.88. The molecule has 6 heteroatoms. The van der Waals surface area contributed by atoms with Gasteiger partial charge in [0.05, 0.1) is 0 Å². The van der Waals surface area contributed by atoms with Crippen LogP contribution in [0, 0.1) is 0 Å². The lowest BCUT2D eigenvalue weighted by atomic mass is 9.99. The van der Waals surface area contributed by atoms with Gasteiger partial charge in [0.1, 0.15) is 0 Å². The van der Waals surface area contributed by atoms with E-state index >= 15 is 0 Å². The number of aromatic nitrogens is 1. The van der Waals surface area contributed by atoms with Crippen LogP contribution in [0.3, 0.4) is 0 Å². The summed E-state index contributed by atoms with van der Waals surface area (Å²) in [6.07, 6.45) is 3.86. The average Bonchev–Trinajstić information content (AvgIpc) is 3.26. The molecule has 0 unspecified atom stereocenters. The highest BCUT2D eigenvalue weighted by Gasteiger charge is 2.10. The first-order valence-corrected chi connectivity index (χ1v) is 12.9. The number of pyridine rings is 1. The Bertz CT molecular complexity index is 1330.